The van der Waals surface area contributed by atoms with Gasteiger partial charge in [0.1, 0.15) is 0 Å². The number of non-ortho nitro benzene ring substituents is 1. The Labute approximate surface area is 166 Å². The summed E-state index contributed by atoms with van der Waals surface area (Å²) in [6.07, 6.45) is 3.20. The standard InChI is InChI=1S/C20H18N4O3S/c1-13(2)16-8-6-14(7-9-16)11-18-19(25)22-20(28-18)23-21-12-15-4-3-5-17(10-15)24(26)27/h3-13H,1-2H3,(H,22,23,25). The van der Waals surface area contributed by atoms with Crippen molar-refractivity contribution in [3.63, 3.8) is 0 Å². The zero-order valence-corrected chi connectivity index (χ0v) is 16.1. The first-order chi connectivity index (χ1) is 13.4. The summed E-state index contributed by atoms with van der Waals surface area (Å²) in [6.45, 7) is 4.26. The Balaban J connectivity index is 1.69. The highest BCUT2D eigenvalue weighted by molar-refractivity contribution is 8.18. The summed E-state index contributed by atoms with van der Waals surface area (Å²) in [5.41, 5.74) is 2.70. The van der Waals surface area contributed by atoms with Crippen LogP contribution in [0, 0.1) is 10.1 Å². The summed E-state index contributed by atoms with van der Waals surface area (Å²) in [7, 11) is 0. The van der Waals surface area contributed by atoms with E-state index in [4.69, 9.17) is 0 Å². The van der Waals surface area contributed by atoms with Crippen LogP contribution >= 0.6 is 11.8 Å². The van der Waals surface area contributed by atoms with Gasteiger partial charge in [0, 0.05) is 17.7 Å². The van der Waals surface area contributed by atoms with Crippen LogP contribution in [0.1, 0.15) is 36.5 Å². The molecule has 1 fully saturated rings. The molecule has 1 amide bonds. The number of nitro groups is 1. The van der Waals surface area contributed by atoms with Gasteiger partial charge in [-0.15, -0.1) is 5.10 Å². The second-order valence-electron chi connectivity index (χ2n) is 6.39. The van der Waals surface area contributed by atoms with E-state index in [1.807, 2.05) is 24.3 Å². The largest absolute Gasteiger partial charge is 0.299 e. The summed E-state index contributed by atoms with van der Waals surface area (Å²) in [6, 6.07) is 14.1. The van der Waals surface area contributed by atoms with Gasteiger partial charge in [-0.3, -0.25) is 20.2 Å². The van der Waals surface area contributed by atoms with Crippen molar-refractivity contribution < 1.29 is 9.72 Å². The fourth-order valence-corrected chi connectivity index (χ4v) is 3.25. The van der Waals surface area contributed by atoms with Crippen LogP contribution in [-0.2, 0) is 4.79 Å². The summed E-state index contributed by atoms with van der Waals surface area (Å²) in [5.74, 6) is 0.218. The van der Waals surface area contributed by atoms with E-state index < -0.39 is 4.92 Å². The lowest BCUT2D eigenvalue weighted by Crippen LogP contribution is -2.19. The maximum Gasteiger partial charge on any atom is 0.270 e. The van der Waals surface area contributed by atoms with Crippen LogP contribution < -0.4 is 5.32 Å². The predicted molar refractivity (Wildman–Crippen MR) is 112 cm³/mol. The third kappa shape index (κ3) is 4.92. The van der Waals surface area contributed by atoms with Crippen molar-refractivity contribution in [2.75, 3.05) is 0 Å². The van der Waals surface area contributed by atoms with Gasteiger partial charge in [0.25, 0.3) is 11.6 Å². The van der Waals surface area contributed by atoms with Gasteiger partial charge in [-0.2, -0.15) is 5.10 Å². The molecule has 7 nitrogen and oxygen atoms in total. The Morgan fingerprint density at radius 2 is 1.89 bits per heavy atom. The molecule has 8 heteroatoms. The molecule has 0 unspecified atom stereocenters. The van der Waals surface area contributed by atoms with Crippen LogP contribution in [0.2, 0.25) is 0 Å². The van der Waals surface area contributed by atoms with Gasteiger partial charge < -0.3 is 0 Å². The number of carbonyl (C=O) groups excluding carboxylic acids is 1. The molecule has 1 saturated heterocycles. The summed E-state index contributed by atoms with van der Waals surface area (Å²) in [4.78, 5) is 23.0. The van der Waals surface area contributed by atoms with Crippen molar-refractivity contribution in [3.8, 4) is 0 Å². The van der Waals surface area contributed by atoms with Gasteiger partial charge in [0.05, 0.1) is 16.0 Å². The maximum absolute atomic E-state index is 12.1. The molecular weight excluding hydrogens is 376 g/mol. The van der Waals surface area contributed by atoms with Crippen LogP contribution in [0.15, 0.2) is 63.6 Å². The molecule has 2 aromatic carbocycles. The van der Waals surface area contributed by atoms with Gasteiger partial charge in [0.2, 0.25) is 0 Å². The highest BCUT2D eigenvalue weighted by Gasteiger charge is 2.23. The van der Waals surface area contributed by atoms with Crippen molar-refractivity contribution in [3.05, 3.63) is 80.2 Å². The normalized spacial score (nSPS) is 17.0. The van der Waals surface area contributed by atoms with E-state index in [9.17, 15) is 14.9 Å². The van der Waals surface area contributed by atoms with E-state index >= 15 is 0 Å². The number of amidine groups is 1. The zero-order chi connectivity index (χ0) is 20.1. The van der Waals surface area contributed by atoms with E-state index in [1.54, 1.807) is 18.2 Å². The van der Waals surface area contributed by atoms with E-state index in [0.717, 1.165) is 5.56 Å². The van der Waals surface area contributed by atoms with Gasteiger partial charge in [-0.1, -0.05) is 50.2 Å². The lowest BCUT2D eigenvalue weighted by Gasteiger charge is -2.04. The molecule has 0 saturated carbocycles. The van der Waals surface area contributed by atoms with Crippen LogP contribution in [-0.4, -0.2) is 22.2 Å². The first-order valence-electron chi connectivity index (χ1n) is 8.59. The third-order valence-electron chi connectivity index (χ3n) is 3.99. The van der Waals surface area contributed by atoms with Crippen LogP contribution in [0.25, 0.3) is 6.08 Å². The van der Waals surface area contributed by atoms with Crippen molar-refractivity contribution in [2.24, 2.45) is 10.2 Å². The number of carbonyl (C=O) groups is 1. The minimum absolute atomic E-state index is 0.0196. The predicted octanol–water partition coefficient (Wildman–Crippen LogP) is 4.31. The van der Waals surface area contributed by atoms with Crippen molar-refractivity contribution in [2.45, 2.75) is 19.8 Å². The molecule has 0 aromatic heterocycles. The fourth-order valence-electron chi connectivity index (χ4n) is 2.47. The van der Waals surface area contributed by atoms with Gasteiger partial charge in [-0.25, -0.2) is 0 Å². The Kier molecular flexibility index (Phi) is 6.00. The zero-order valence-electron chi connectivity index (χ0n) is 15.3. The SMILES string of the molecule is CC(C)c1ccc(C=C2S/C(=N/N=Cc3cccc([N+](=O)[O-])c3)NC2=O)cc1. The van der Waals surface area contributed by atoms with E-state index in [1.165, 1.54) is 35.7 Å². The van der Waals surface area contributed by atoms with Gasteiger partial charge >= 0.3 is 0 Å². The first-order valence-corrected chi connectivity index (χ1v) is 9.40. The lowest BCUT2D eigenvalue weighted by atomic mass is 10.0. The quantitative estimate of drug-likeness (QED) is 0.354. The summed E-state index contributed by atoms with van der Waals surface area (Å²) < 4.78 is 0. The monoisotopic (exact) mass is 394 g/mol. The Morgan fingerprint density at radius 3 is 2.57 bits per heavy atom. The maximum atomic E-state index is 12.1. The molecule has 2 aromatic rings. The number of amides is 1. The lowest BCUT2D eigenvalue weighted by molar-refractivity contribution is -0.384. The topological polar surface area (TPSA) is 97.0 Å². The van der Waals surface area contributed by atoms with E-state index in [0.29, 0.717) is 21.6 Å². The first kappa shape index (κ1) is 19.5. The Morgan fingerprint density at radius 1 is 1.14 bits per heavy atom. The third-order valence-corrected chi connectivity index (χ3v) is 4.89. The second-order valence-corrected chi connectivity index (χ2v) is 7.42. The fraction of sp³-hybridized carbons (Fsp3) is 0.150. The molecule has 0 aliphatic carbocycles. The molecule has 142 valence electrons. The van der Waals surface area contributed by atoms with E-state index in [-0.39, 0.29) is 11.6 Å². The second kappa shape index (κ2) is 8.62. The number of nitro benzene ring substituents is 1. The molecule has 3 rings (SSSR count). The summed E-state index contributed by atoms with van der Waals surface area (Å²) >= 11 is 1.20. The average Bonchev–Trinajstić information content (AvgIpc) is 3.01. The van der Waals surface area contributed by atoms with E-state index in [2.05, 4.69) is 29.4 Å². The molecule has 28 heavy (non-hydrogen) atoms. The molecule has 1 N–H and O–H groups in total. The molecule has 0 radical (unpaired) electrons. The Hall–Kier alpha value is -3.26. The molecule has 0 spiro atoms. The molecule has 1 aliphatic heterocycles. The van der Waals surface area contributed by atoms with Gasteiger partial charge in [-0.05, 0) is 34.9 Å². The number of hydrogen-bond acceptors (Lipinski definition) is 6. The van der Waals surface area contributed by atoms with Crippen molar-refractivity contribution in [1.29, 1.82) is 0 Å². The molecule has 0 bridgehead atoms. The van der Waals surface area contributed by atoms with Crippen LogP contribution in [0.3, 0.4) is 0 Å². The van der Waals surface area contributed by atoms with Crippen molar-refractivity contribution in [1.82, 2.24) is 5.32 Å². The molecule has 0 atom stereocenters. The number of nitrogens with zero attached hydrogens (tertiary/aromatic N) is 3. The highest BCUT2D eigenvalue weighted by atomic mass is 32.2. The number of thioether (sulfide) groups is 1. The number of hydrogen-bond donors (Lipinski definition) is 1. The number of nitrogens with one attached hydrogen (secondary N) is 1. The minimum atomic E-state index is -0.471. The Bertz CT molecular complexity index is 995. The number of benzene rings is 2. The minimum Gasteiger partial charge on any atom is -0.299 e. The van der Waals surface area contributed by atoms with Crippen LogP contribution in [0.5, 0.6) is 0 Å². The van der Waals surface area contributed by atoms with Crippen molar-refractivity contribution >= 4 is 40.8 Å². The molecule has 1 heterocycles. The summed E-state index contributed by atoms with van der Waals surface area (Å²) in [5, 5.41) is 21.7. The molecule has 1 aliphatic rings. The van der Waals surface area contributed by atoms with Crippen LogP contribution in [0.4, 0.5) is 5.69 Å². The molecular formula is C20H18N4O3S. The average molecular weight is 394 g/mol. The number of rotatable bonds is 5. The highest BCUT2D eigenvalue weighted by Crippen LogP contribution is 2.26. The smallest absolute Gasteiger partial charge is 0.270 e. The van der Waals surface area contributed by atoms with Gasteiger partial charge in [0.15, 0.2) is 5.17 Å².